The van der Waals surface area contributed by atoms with E-state index < -0.39 is 0 Å². The van der Waals surface area contributed by atoms with Gasteiger partial charge in [-0.15, -0.1) is 11.3 Å². The maximum absolute atomic E-state index is 12.2. The van der Waals surface area contributed by atoms with E-state index in [1.165, 1.54) is 0 Å². The number of fused-ring (bicyclic) bond motifs is 1. The lowest BCUT2D eigenvalue weighted by atomic mass is 9.75. The number of carbonyl (C=O) groups is 1. The first-order chi connectivity index (χ1) is 10.3. The minimum Gasteiger partial charge on any atom is -0.384 e. The number of hydrogen-bond acceptors (Lipinski definition) is 5. The Hall–Kier alpha value is -0.980. The molecular weight excluding hydrogens is 286 g/mol. The fourth-order valence-corrected chi connectivity index (χ4v) is 4.32. The highest BCUT2D eigenvalue weighted by Crippen LogP contribution is 2.34. The first-order valence-corrected chi connectivity index (χ1v) is 8.53. The zero-order valence-electron chi connectivity index (χ0n) is 12.5. The van der Waals surface area contributed by atoms with Crippen LogP contribution in [0.2, 0.25) is 0 Å². The summed E-state index contributed by atoms with van der Waals surface area (Å²) in [5.41, 5.74) is 0. The fraction of sp³-hybridized carbons (Fsp3) is 0.733. The Morgan fingerprint density at radius 3 is 3.10 bits per heavy atom. The molecule has 3 heterocycles. The second-order valence-corrected chi connectivity index (χ2v) is 6.99. The van der Waals surface area contributed by atoms with Gasteiger partial charge in [0.2, 0.25) is 5.91 Å². The van der Waals surface area contributed by atoms with Crippen molar-refractivity contribution < 1.29 is 9.53 Å². The van der Waals surface area contributed by atoms with Crippen molar-refractivity contribution in [2.75, 3.05) is 33.4 Å². The van der Waals surface area contributed by atoms with E-state index in [0.29, 0.717) is 11.8 Å². The van der Waals surface area contributed by atoms with Gasteiger partial charge in [0.1, 0.15) is 5.01 Å². The van der Waals surface area contributed by atoms with E-state index in [9.17, 15) is 4.79 Å². The highest BCUT2D eigenvalue weighted by atomic mass is 32.1. The summed E-state index contributed by atoms with van der Waals surface area (Å²) in [7, 11) is 1.75. The van der Waals surface area contributed by atoms with Gasteiger partial charge in [0.05, 0.1) is 13.2 Å². The summed E-state index contributed by atoms with van der Waals surface area (Å²) in [6, 6.07) is 0. The minimum atomic E-state index is 0.153. The van der Waals surface area contributed by atoms with Gasteiger partial charge < -0.3 is 10.1 Å². The number of thiazole rings is 1. The van der Waals surface area contributed by atoms with Crippen LogP contribution in [0.15, 0.2) is 11.6 Å². The van der Waals surface area contributed by atoms with Crippen LogP contribution in [0.1, 0.15) is 17.8 Å². The number of amides is 1. The molecule has 0 aliphatic carbocycles. The third-order valence-electron chi connectivity index (χ3n) is 4.76. The molecule has 1 aromatic heterocycles. The monoisotopic (exact) mass is 309 g/mol. The van der Waals surface area contributed by atoms with E-state index in [0.717, 1.165) is 50.6 Å². The van der Waals surface area contributed by atoms with Crippen LogP contribution < -0.4 is 5.32 Å². The molecule has 1 amide bonds. The summed E-state index contributed by atoms with van der Waals surface area (Å²) in [4.78, 5) is 19.0. The van der Waals surface area contributed by atoms with Crippen LogP contribution in [0.5, 0.6) is 0 Å². The second-order valence-electron chi connectivity index (χ2n) is 6.01. The van der Waals surface area contributed by atoms with Crippen molar-refractivity contribution in [3.05, 3.63) is 16.6 Å². The number of aromatic nitrogens is 1. The van der Waals surface area contributed by atoms with E-state index in [4.69, 9.17) is 4.74 Å². The molecule has 0 aromatic carbocycles. The van der Waals surface area contributed by atoms with Crippen molar-refractivity contribution in [3.8, 4) is 0 Å². The van der Waals surface area contributed by atoms with Crippen molar-refractivity contribution in [2.24, 2.45) is 17.8 Å². The fourth-order valence-electron chi connectivity index (χ4n) is 3.66. The third-order valence-corrected chi connectivity index (χ3v) is 5.52. The van der Waals surface area contributed by atoms with Crippen molar-refractivity contribution in [2.45, 2.75) is 19.4 Å². The minimum absolute atomic E-state index is 0.153. The SMILES string of the molecule is COC[C@@H]1CNC(=O)[C@H]2CCN(Cc3nccs3)CC[C@@H]12. The lowest BCUT2D eigenvalue weighted by molar-refractivity contribution is -0.131. The summed E-state index contributed by atoms with van der Waals surface area (Å²) >= 11 is 1.71. The lowest BCUT2D eigenvalue weighted by Gasteiger charge is -2.36. The summed E-state index contributed by atoms with van der Waals surface area (Å²) in [6.07, 6.45) is 3.89. The third kappa shape index (κ3) is 3.44. The molecule has 0 radical (unpaired) electrons. The second kappa shape index (κ2) is 6.85. The molecular formula is C15H23N3O2S. The van der Waals surface area contributed by atoms with Gasteiger partial charge in [-0.05, 0) is 31.8 Å². The molecule has 21 heavy (non-hydrogen) atoms. The highest BCUT2D eigenvalue weighted by molar-refractivity contribution is 7.09. The smallest absolute Gasteiger partial charge is 0.223 e. The van der Waals surface area contributed by atoms with E-state index in [-0.39, 0.29) is 11.8 Å². The van der Waals surface area contributed by atoms with Crippen molar-refractivity contribution in [1.29, 1.82) is 0 Å². The Kier molecular flexibility index (Phi) is 4.87. The predicted molar refractivity (Wildman–Crippen MR) is 82.0 cm³/mol. The molecule has 2 saturated heterocycles. The molecule has 3 atom stereocenters. The van der Waals surface area contributed by atoms with Gasteiger partial charge >= 0.3 is 0 Å². The van der Waals surface area contributed by atoms with Crippen LogP contribution in [-0.4, -0.2) is 49.1 Å². The molecule has 0 saturated carbocycles. The first-order valence-electron chi connectivity index (χ1n) is 7.65. The zero-order chi connectivity index (χ0) is 14.7. The highest BCUT2D eigenvalue weighted by Gasteiger charge is 2.39. The van der Waals surface area contributed by atoms with E-state index >= 15 is 0 Å². The van der Waals surface area contributed by atoms with Crippen LogP contribution in [0.25, 0.3) is 0 Å². The molecule has 2 aliphatic heterocycles. The van der Waals surface area contributed by atoms with E-state index in [1.54, 1.807) is 18.4 Å². The Balaban J connectivity index is 1.65. The molecule has 1 N–H and O–H groups in total. The van der Waals surface area contributed by atoms with E-state index in [1.807, 2.05) is 11.6 Å². The summed E-state index contributed by atoms with van der Waals surface area (Å²) < 4.78 is 5.35. The van der Waals surface area contributed by atoms with Crippen molar-refractivity contribution in [3.63, 3.8) is 0 Å². The molecule has 3 rings (SSSR count). The number of carbonyl (C=O) groups excluding carboxylic acids is 1. The van der Waals surface area contributed by atoms with Gasteiger partial charge in [0.15, 0.2) is 0 Å². The Morgan fingerprint density at radius 1 is 1.48 bits per heavy atom. The molecule has 2 aliphatic rings. The molecule has 5 nitrogen and oxygen atoms in total. The maximum Gasteiger partial charge on any atom is 0.223 e. The largest absolute Gasteiger partial charge is 0.384 e. The van der Waals surface area contributed by atoms with Gasteiger partial charge in [-0.25, -0.2) is 4.98 Å². The molecule has 2 fully saturated rings. The first kappa shape index (κ1) is 14.9. The molecule has 6 heteroatoms. The molecule has 116 valence electrons. The number of piperidine rings is 1. The molecule has 0 spiro atoms. The summed E-state index contributed by atoms with van der Waals surface area (Å²) in [5, 5.41) is 6.24. The summed E-state index contributed by atoms with van der Waals surface area (Å²) in [5.74, 6) is 1.31. The average molecular weight is 309 g/mol. The normalized spacial score (nSPS) is 30.5. The number of nitrogens with one attached hydrogen (secondary N) is 1. The van der Waals surface area contributed by atoms with Gasteiger partial charge in [0.25, 0.3) is 0 Å². The van der Waals surface area contributed by atoms with Gasteiger partial charge in [0, 0.05) is 37.1 Å². The van der Waals surface area contributed by atoms with Crippen molar-refractivity contribution >= 4 is 17.2 Å². The standard InChI is InChI=1S/C15H23N3O2S/c1-20-10-11-8-17-15(19)13-3-6-18(5-2-12(11)13)9-14-16-4-7-21-14/h4,7,11-13H,2-3,5-6,8-10H2,1H3,(H,17,19)/t11-,12-,13-/m0/s1. The predicted octanol–water partition coefficient (Wildman–Crippen LogP) is 1.36. The number of rotatable bonds is 4. The molecule has 0 unspecified atom stereocenters. The number of hydrogen-bond donors (Lipinski definition) is 1. The van der Waals surface area contributed by atoms with Crippen LogP contribution in [0, 0.1) is 17.8 Å². The number of methoxy groups -OCH3 is 1. The topological polar surface area (TPSA) is 54.5 Å². The number of ether oxygens (including phenoxy) is 1. The van der Waals surface area contributed by atoms with Gasteiger partial charge in [-0.3, -0.25) is 9.69 Å². The van der Waals surface area contributed by atoms with Gasteiger partial charge in [-0.1, -0.05) is 0 Å². The average Bonchev–Trinajstić information content (AvgIpc) is 2.89. The number of nitrogens with zero attached hydrogens (tertiary/aromatic N) is 2. The van der Waals surface area contributed by atoms with Crippen molar-refractivity contribution in [1.82, 2.24) is 15.2 Å². The Morgan fingerprint density at radius 2 is 2.33 bits per heavy atom. The lowest BCUT2D eigenvalue weighted by Crippen LogP contribution is -2.49. The number of likely N-dealkylation sites (tertiary alicyclic amines) is 1. The Labute approximate surface area is 129 Å². The zero-order valence-corrected chi connectivity index (χ0v) is 13.3. The summed E-state index contributed by atoms with van der Waals surface area (Å²) in [6.45, 7) is 4.45. The molecule has 1 aromatic rings. The van der Waals surface area contributed by atoms with Crippen LogP contribution in [-0.2, 0) is 16.1 Å². The van der Waals surface area contributed by atoms with Crippen LogP contribution in [0.3, 0.4) is 0 Å². The van der Waals surface area contributed by atoms with Gasteiger partial charge in [-0.2, -0.15) is 0 Å². The molecule has 0 bridgehead atoms. The van der Waals surface area contributed by atoms with Crippen LogP contribution in [0.4, 0.5) is 0 Å². The van der Waals surface area contributed by atoms with E-state index in [2.05, 4.69) is 15.2 Å². The maximum atomic E-state index is 12.2. The quantitative estimate of drug-likeness (QED) is 0.912. The van der Waals surface area contributed by atoms with Crippen LogP contribution >= 0.6 is 11.3 Å². The Bertz CT molecular complexity index is 465.